The normalized spacial score (nSPS) is 13.3. The van der Waals surface area contributed by atoms with E-state index in [2.05, 4.69) is 9.88 Å². The first kappa shape index (κ1) is 20.4. The smallest absolute Gasteiger partial charge is 0.274 e. The standard InChI is InChI=1S/C26H27N3O3/c1-16-5-4-6-20-24(30)15-23-19(25(16)20)9-10-29(23)26(31)22-14-17-13-18(7-8-21(17)27-22)32-12-11-28(2)3/h4-8,13-15,27,30H,9-12H2,1-3H3. The molecule has 0 saturated carbocycles. The monoisotopic (exact) mass is 429 g/mol. The highest BCUT2D eigenvalue weighted by Gasteiger charge is 2.29. The van der Waals surface area contributed by atoms with Crippen LogP contribution >= 0.6 is 0 Å². The number of carbonyl (C=O) groups excluding carboxylic acids is 1. The number of ether oxygens (including phenoxy) is 1. The van der Waals surface area contributed by atoms with Gasteiger partial charge >= 0.3 is 0 Å². The van der Waals surface area contributed by atoms with Crippen LogP contribution in [0, 0.1) is 6.92 Å². The number of nitrogens with zero attached hydrogens (tertiary/aromatic N) is 2. The average molecular weight is 430 g/mol. The van der Waals surface area contributed by atoms with Gasteiger partial charge in [0.2, 0.25) is 0 Å². The number of fused-ring (bicyclic) bond motifs is 4. The third-order valence-electron chi connectivity index (χ3n) is 6.18. The Morgan fingerprint density at radius 2 is 2.03 bits per heavy atom. The molecule has 0 saturated heterocycles. The zero-order valence-electron chi connectivity index (χ0n) is 18.6. The molecule has 1 aromatic heterocycles. The van der Waals surface area contributed by atoms with Crippen LogP contribution in [0.2, 0.25) is 0 Å². The number of phenols is 1. The third kappa shape index (κ3) is 3.46. The number of phenolic OH excluding ortho intramolecular Hbond substituents is 1. The van der Waals surface area contributed by atoms with E-state index in [9.17, 15) is 9.90 Å². The summed E-state index contributed by atoms with van der Waals surface area (Å²) >= 11 is 0. The summed E-state index contributed by atoms with van der Waals surface area (Å²) in [5.74, 6) is 0.899. The van der Waals surface area contributed by atoms with E-state index in [1.54, 1.807) is 11.0 Å². The molecule has 164 valence electrons. The average Bonchev–Trinajstić information content (AvgIpc) is 3.37. The molecule has 6 nitrogen and oxygen atoms in total. The second kappa shape index (κ2) is 7.88. The lowest BCUT2D eigenvalue weighted by Gasteiger charge is -2.18. The number of nitrogens with one attached hydrogen (secondary N) is 1. The molecular formula is C26H27N3O3. The minimum absolute atomic E-state index is 0.0950. The number of benzene rings is 3. The minimum Gasteiger partial charge on any atom is -0.507 e. The molecule has 32 heavy (non-hydrogen) atoms. The van der Waals surface area contributed by atoms with Gasteiger partial charge < -0.3 is 24.6 Å². The van der Waals surface area contributed by atoms with Gasteiger partial charge in [0.25, 0.3) is 5.91 Å². The molecule has 1 aliphatic heterocycles. The van der Waals surface area contributed by atoms with Crippen molar-refractivity contribution < 1.29 is 14.6 Å². The summed E-state index contributed by atoms with van der Waals surface area (Å²) in [5.41, 5.74) is 4.45. The van der Waals surface area contributed by atoms with Gasteiger partial charge in [-0.25, -0.2) is 0 Å². The maximum atomic E-state index is 13.4. The SMILES string of the molecule is Cc1cccc2c(O)cc3c(c12)CCN3C(=O)c1cc2cc(OCCN(C)C)ccc2[nH]1. The number of H-pyrrole nitrogens is 1. The topological polar surface area (TPSA) is 68.8 Å². The second-order valence-electron chi connectivity index (χ2n) is 8.68. The molecule has 5 rings (SSSR count). The summed E-state index contributed by atoms with van der Waals surface area (Å²) in [6.07, 6.45) is 0.771. The van der Waals surface area contributed by atoms with Crippen molar-refractivity contribution in [1.82, 2.24) is 9.88 Å². The summed E-state index contributed by atoms with van der Waals surface area (Å²) in [6, 6.07) is 15.3. The van der Waals surface area contributed by atoms with E-state index in [-0.39, 0.29) is 11.7 Å². The maximum Gasteiger partial charge on any atom is 0.274 e. The van der Waals surface area contributed by atoms with Crippen molar-refractivity contribution in [3.05, 3.63) is 65.4 Å². The van der Waals surface area contributed by atoms with Crippen molar-refractivity contribution in [2.45, 2.75) is 13.3 Å². The van der Waals surface area contributed by atoms with Crippen molar-refractivity contribution in [3.8, 4) is 11.5 Å². The molecule has 1 amide bonds. The van der Waals surface area contributed by atoms with Gasteiger partial charge in [0, 0.05) is 35.4 Å². The molecule has 0 atom stereocenters. The van der Waals surface area contributed by atoms with E-state index in [4.69, 9.17) is 4.74 Å². The van der Waals surface area contributed by atoms with Gasteiger partial charge in [-0.2, -0.15) is 0 Å². The van der Waals surface area contributed by atoms with Crippen LogP contribution in [-0.4, -0.2) is 54.7 Å². The number of aromatic hydroxyl groups is 1. The Morgan fingerprint density at radius 1 is 1.19 bits per heavy atom. The maximum absolute atomic E-state index is 13.4. The summed E-state index contributed by atoms with van der Waals surface area (Å²) in [6.45, 7) is 4.08. The van der Waals surface area contributed by atoms with E-state index in [0.29, 0.717) is 18.8 Å². The zero-order chi connectivity index (χ0) is 22.4. The fraction of sp³-hybridized carbons (Fsp3) is 0.269. The Hall–Kier alpha value is -3.51. The van der Waals surface area contributed by atoms with Crippen LogP contribution in [0.4, 0.5) is 5.69 Å². The molecule has 2 N–H and O–H groups in total. The van der Waals surface area contributed by atoms with Crippen molar-refractivity contribution in [1.29, 1.82) is 0 Å². The summed E-state index contributed by atoms with van der Waals surface area (Å²) < 4.78 is 5.83. The molecular weight excluding hydrogens is 402 g/mol. The highest BCUT2D eigenvalue weighted by atomic mass is 16.5. The largest absolute Gasteiger partial charge is 0.507 e. The molecule has 0 fully saturated rings. The molecule has 6 heteroatoms. The van der Waals surface area contributed by atoms with Crippen molar-refractivity contribution >= 4 is 33.3 Å². The number of aromatic amines is 1. The molecule has 0 spiro atoms. The molecule has 0 unspecified atom stereocenters. The van der Waals surface area contributed by atoms with Crippen molar-refractivity contribution in [3.63, 3.8) is 0 Å². The lowest BCUT2D eigenvalue weighted by atomic mass is 9.97. The molecule has 4 aromatic rings. The molecule has 0 aliphatic carbocycles. The predicted octanol–water partition coefficient (Wildman–Crippen LogP) is 4.48. The fourth-order valence-electron chi connectivity index (χ4n) is 4.56. The van der Waals surface area contributed by atoms with Gasteiger partial charge in [-0.3, -0.25) is 4.79 Å². The highest BCUT2D eigenvalue weighted by Crippen LogP contribution is 2.41. The van der Waals surface area contributed by atoms with E-state index < -0.39 is 0 Å². The molecule has 0 radical (unpaired) electrons. The van der Waals surface area contributed by atoms with Gasteiger partial charge in [-0.1, -0.05) is 18.2 Å². The molecule has 1 aliphatic rings. The lowest BCUT2D eigenvalue weighted by Crippen LogP contribution is -2.29. The fourth-order valence-corrected chi connectivity index (χ4v) is 4.56. The first-order valence-corrected chi connectivity index (χ1v) is 10.9. The number of aromatic nitrogens is 1. The second-order valence-corrected chi connectivity index (χ2v) is 8.68. The predicted molar refractivity (Wildman–Crippen MR) is 128 cm³/mol. The van der Waals surface area contributed by atoms with Crippen LogP contribution in [0.5, 0.6) is 11.5 Å². The van der Waals surface area contributed by atoms with Crippen LogP contribution in [0.15, 0.2) is 48.5 Å². The third-order valence-corrected chi connectivity index (χ3v) is 6.18. The Labute approximate surface area is 187 Å². The van der Waals surface area contributed by atoms with Gasteiger partial charge in [-0.05, 0) is 68.2 Å². The first-order chi connectivity index (χ1) is 15.4. The molecule has 2 heterocycles. The number of rotatable bonds is 5. The van der Waals surface area contributed by atoms with Gasteiger partial charge in [0.1, 0.15) is 23.8 Å². The Balaban J connectivity index is 1.46. The van der Waals surface area contributed by atoms with Gasteiger partial charge in [-0.15, -0.1) is 0 Å². The summed E-state index contributed by atoms with van der Waals surface area (Å²) in [4.78, 5) is 20.5. The number of anilines is 1. The van der Waals surface area contributed by atoms with Crippen LogP contribution in [-0.2, 0) is 6.42 Å². The van der Waals surface area contributed by atoms with Crippen molar-refractivity contribution in [2.75, 3.05) is 38.7 Å². The first-order valence-electron chi connectivity index (χ1n) is 10.9. The molecule has 0 bridgehead atoms. The highest BCUT2D eigenvalue weighted by molar-refractivity contribution is 6.11. The minimum atomic E-state index is -0.0950. The van der Waals surface area contributed by atoms with Crippen LogP contribution in [0.25, 0.3) is 21.7 Å². The van der Waals surface area contributed by atoms with Gasteiger partial charge in [0.15, 0.2) is 0 Å². The quantitative estimate of drug-likeness (QED) is 0.491. The zero-order valence-corrected chi connectivity index (χ0v) is 18.6. The lowest BCUT2D eigenvalue weighted by molar-refractivity contribution is 0.0985. The van der Waals surface area contributed by atoms with Gasteiger partial charge in [0.05, 0.1) is 5.69 Å². The van der Waals surface area contributed by atoms with E-state index >= 15 is 0 Å². The Kier molecular flexibility index (Phi) is 5.02. The van der Waals surface area contributed by atoms with Crippen LogP contribution in [0.3, 0.4) is 0 Å². The summed E-state index contributed by atoms with van der Waals surface area (Å²) in [5, 5.41) is 13.4. The number of hydrogen-bond donors (Lipinski definition) is 2. The van der Waals surface area contributed by atoms with Crippen LogP contribution in [0.1, 0.15) is 21.6 Å². The summed E-state index contributed by atoms with van der Waals surface area (Å²) in [7, 11) is 4.02. The number of likely N-dealkylation sites (N-methyl/N-ethyl adjacent to an activating group) is 1. The number of aryl methyl sites for hydroxylation is 1. The van der Waals surface area contributed by atoms with E-state index in [0.717, 1.165) is 57.2 Å². The van der Waals surface area contributed by atoms with E-state index in [1.165, 1.54) is 0 Å². The Bertz CT molecular complexity index is 1340. The number of amides is 1. The van der Waals surface area contributed by atoms with Crippen molar-refractivity contribution in [2.24, 2.45) is 0 Å². The number of carbonyl (C=O) groups is 1. The molecule has 3 aromatic carbocycles. The Morgan fingerprint density at radius 3 is 2.84 bits per heavy atom. The van der Waals surface area contributed by atoms with E-state index in [1.807, 2.05) is 63.5 Å². The van der Waals surface area contributed by atoms with Crippen LogP contribution < -0.4 is 9.64 Å². The number of hydrogen-bond acceptors (Lipinski definition) is 4.